The third-order valence-corrected chi connectivity index (χ3v) is 5.08. The molecule has 1 aliphatic carbocycles. The highest BCUT2D eigenvalue weighted by atomic mass is 19.4. The molecule has 2 aliphatic rings. The topological polar surface area (TPSA) is 70.4 Å². The van der Waals surface area contributed by atoms with Crippen molar-refractivity contribution in [1.82, 2.24) is 4.90 Å². The minimum Gasteiger partial charge on any atom is -0.406 e. The molecule has 0 saturated heterocycles. The average Bonchev–Trinajstić information content (AvgIpc) is 2.70. The molecule has 0 atom stereocenters. The van der Waals surface area contributed by atoms with Crippen LogP contribution in [0.2, 0.25) is 0 Å². The van der Waals surface area contributed by atoms with Crippen molar-refractivity contribution < 1.29 is 31.9 Å². The number of ketones is 1. The molecule has 0 radical (unpaired) electrons. The van der Waals surface area contributed by atoms with E-state index in [9.17, 15) is 22.8 Å². The molecule has 31 heavy (non-hydrogen) atoms. The summed E-state index contributed by atoms with van der Waals surface area (Å²) in [6.45, 7) is 1.50. The van der Waals surface area contributed by atoms with Gasteiger partial charge in [0.15, 0.2) is 5.83 Å². The molecule has 9 heteroatoms. The SMILES string of the molecule is CCC(=O)OC1=C(F)/C(=C(/C(=O)C(F)(F)F)c2ccc(C#N)cc2)C=CN1C1CCC1. The second-order valence-electron chi connectivity index (χ2n) is 7.06. The number of allylic oxidation sites excluding steroid dienone is 4. The number of nitrogens with zero attached hydrogens (tertiary/aromatic N) is 2. The fraction of sp³-hybridized carbons (Fsp3) is 0.318. The van der Waals surface area contributed by atoms with Crippen LogP contribution < -0.4 is 0 Å². The molecule has 0 aromatic heterocycles. The Bertz CT molecular complexity index is 1030. The zero-order chi connectivity index (χ0) is 22.8. The molecule has 3 rings (SSSR count). The summed E-state index contributed by atoms with van der Waals surface area (Å²) in [6, 6.07) is 6.41. The van der Waals surface area contributed by atoms with Gasteiger partial charge in [-0.15, -0.1) is 0 Å². The number of esters is 1. The van der Waals surface area contributed by atoms with E-state index in [1.165, 1.54) is 30.2 Å². The maximum Gasteiger partial charge on any atom is 0.454 e. The first-order valence-electron chi connectivity index (χ1n) is 9.61. The number of nitriles is 1. The van der Waals surface area contributed by atoms with Gasteiger partial charge in [-0.3, -0.25) is 9.59 Å². The summed E-state index contributed by atoms with van der Waals surface area (Å²) in [4.78, 5) is 25.5. The van der Waals surface area contributed by atoms with E-state index in [1.807, 2.05) is 6.07 Å². The zero-order valence-electron chi connectivity index (χ0n) is 16.5. The number of alkyl halides is 3. The Hall–Kier alpha value is -3.41. The van der Waals surface area contributed by atoms with Crippen molar-refractivity contribution >= 4 is 17.3 Å². The number of ether oxygens (including phenoxy) is 1. The van der Waals surface area contributed by atoms with Gasteiger partial charge in [-0.2, -0.15) is 18.4 Å². The van der Waals surface area contributed by atoms with Crippen LogP contribution in [0.5, 0.6) is 0 Å². The van der Waals surface area contributed by atoms with E-state index in [4.69, 9.17) is 10.00 Å². The van der Waals surface area contributed by atoms with Crippen molar-refractivity contribution in [3.63, 3.8) is 0 Å². The van der Waals surface area contributed by atoms with Gasteiger partial charge in [0.1, 0.15) is 0 Å². The van der Waals surface area contributed by atoms with Crippen molar-refractivity contribution in [3.05, 3.63) is 65.0 Å². The molecule has 0 N–H and O–H groups in total. The summed E-state index contributed by atoms with van der Waals surface area (Å²) < 4.78 is 60.6. The molecule has 1 aromatic carbocycles. The molecule has 162 valence electrons. The fourth-order valence-corrected chi connectivity index (χ4v) is 3.21. The summed E-state index contributed by atoms with van der Waals surface area (Å²) in [5.74, 6) is -4.75. The third kappa shape index (κ3) is 4.53. The highest BCUT2D eigenvalue weighted by Gasteiger charge is 2.44. The van der Waals surface area contributed by atoms with Crippen molar-refractivity contribution in [2.45, 2.75) is 44.8 Å². The molecule has 0 unspecified atom stereocenters. The number of carbonyl (C=O) groups excluding carboxylic acids is 2. The molecule has 1 heterocycles. The van der Waals surface area contributed by atoms with E-state index in [0.717, 1.165) is 24.6 Å². The Labute approximate surface area is 175 Å². The van der Waals surface area contributed by atoms with Crippen LogP contribution in [0.1, 0.15) is 43.7 Å². The van der Waals surface area contributed by atoms with E-state index in [1.54, 1.807) is 0 Å². The Morgan fingerprint density at radius 3 is 2.35 bits per heavy atom. The Morgan fingerprint density at radius 2 is 1.87 bits per heavy atom. The number of halogens is 4. The van der Waals surface area contributed by atoms with Crippen molar-refractivity contribution in [1.29, 1.82) is 5.26 Å². The summed E-state index contributed by atoms with van der Waals surface area (Å²) >= 11 is 0. The van der Waals surface area contributed by atoms with Gasteiger partial charge in [-0.05, 0) is 43.0 Å². The van der Waals surface area contributed by atoms with Crippen LogP contribution in [0, 0.1) is 11.3 Å². The minimum atomic E-state index is -5.27. The van der Waals surface area contributed by atoms with E-state index < -0.39 is 40.8 Å². The van der Waals surface area contributed by atoms with Crippen LogP contribution in [0.25, 0.3) is 5.57 Å². The maximum absolute atomic E-state index is 15.5. The molecule has 1 saturated carbocycles. The molecular weight excluding hydrogens is 416 g/mol. The van der Waals surface area contributed by atoms with Gasteiger partial charge in [0.25, 0.3) is 5.78 Å². The lowest BCUT2D eigenvalue weighted by Crippen LogP contribution is -2.39. The number of hydrogen-bond donors (Lipinski definition) is 0. The number of rotatable bonds is 5. The van der Waals surface area contributed by atoms with E-state index in [0.29, 0.717) is 12.8 Å². The second kappa shape index (κ2) is 8.76. The first kappa shape index (κ1) is 22.3. The highest BCUT2D eigenvalue weighted by molar-refractivity contribution is 6.25. The van der Waals surface area contributed by atoms with Gasteiger partial charge >= 0.3 is 12.1 Å². The number of hydrogen-bond acceptors (Lipinski definition) is 5. The molecule has 1 fully saturated rings. The van der Waals surface area contributed by atoms with Crippen LogP contribution in [0.4, 0.5) is 17.6 Å². The fourth-order valence-electron chi connectivity index (χ4n) is 3.21. The molecule has 5 nitrogen and oxygen atoms in total. The zero-order valence-corrected chi connectivity index (χ0v) is 16.5. The standard InChI is InChI=1S/C22H18F4N2O3/c1-2-17(29)31-21-19(23)16(10-11-28(21)15-4-3-5-15)18(20(30)22(24,25)26)14-8-6-13(12-27)7-9-14/h6-11,15H,2-5H2,1H3/b18-16+. The Kier molecular flexibility index (Phi) is 6.29. The monoisotopic (exact) mass is 434 g/mol. The van der Waals surface area contributed by atoms with Crippen molar-refractivity contribution in [3.8, 4) is 6.07 Å². The lowest BCUT2D eigenvalue weighted by atomic mass is 9.89. The normalized spacial score (nSPS) is 18.4. The van der Waals surface area contributed by atoms with Crippen LogP contribution in [0.15, 0.2) is 53.8 Å². The Morgan fingerprint density at radius 1 is 1.23 bits per heavy atom. The van der Waals surface area contributed by atoms with Crippen molar-refractivity contribution in [2.24, 2.45) is 0 Å². The lowest BCUT2D eigenvalue weighted by Gasteiger charge is -2.38. The summed E-state index contributed by atoms with van der Waals surface area (Å²) in [6.07, 6.45) is -0.640. The van der Waals surface area contributed by atoms with Crippen LogP contribution in [-0.4, -0.2) is 28.9 Å². The van der Waals surface area contributed by atoms with Gasteiger partial charge in [0.2, 0.25) is 5.88 Å². The minimum absolute atomic E-state index is 0.0675. The summed E-state index contributed by atoms with van der Waals surface area (Å²) in [7, 11) is 0. The number of benzene rings is 1. The third-order valence-electron chi connectivity index (χ3n) is 5.08. The van der Waals surface area contributed by atoms with E-state index in [-0.39, 0.29) is 23.6 Å². The second-order valence-corrected chi connectivity index (χ2v) is 7.06. The Balaban J connectivity index is 2.20. The van der Waals surface area contributed by atoms with Crippen molar-refractivity contribution in [2.75, 3.05) is 0 Å². The average molecular weight is 434 g/mol. The van der Waals surface area contributed by atoms with E-state index in [2.05, 4.69) is 0 Å². The molecule has 1 aliphatic heterocycles. The lowest BCUT2D eigenvalue weighted by molar-refractivity contribution is -0.164. The van der Waals surface area contributed by atoms with Gasteiger partial charge < -0.3 is 9.64 Å². The number of Topliss-reactive ketones (excluding diaryl/α,β-unsaturated/α-hetero) is 1. The molecule has 0 bridgehead atoms. The van der Waals surface area contributed by atoms with Gasteiger partial charge in [0, 0.05) is 29.8 Å². The van der Waals surface area contributed by atoms with Crippen LogP contribution in [0.3, 0.4) is 0 Å². The number of carbonyl (C=O) groups is 2. The smallest absolute Gasteiger partial charge is 0.406 e. The molecule has 1 aromatic rings. The van der Waals surface area contributed by atoms with E-state index >= 15 is 4.39 Å². The predicted octanol–water partition coefficient (Wildman–Crippen LogP) is 4.92. The first-order chi connectivity index (χ1) is 14.7. The van der Waals surface area contributed by atoms with Gasteiger partial charge in [0.05, 0.1) is 11.6 Å². The van der Waals surface area contributed by atoms with Crippen LogP contribution >= 0.6 is 0 Å². The van der Waals surface area contributed by atoms with Crippen LogP contribution in [-0.2, 0) is 14.3 Å². The maximum atomic E-state index is 15.5. The quantitative estimate of drug-likeness (QED) is 0.374. The molecule has 0 spiro atoms. The largest absolute Gasteiger partial charge is 0.454 e. The summed E-state index contributed by atoms with van der Waals surface area (Å²) in [5, 5.41) is 8.91. The molecule has 0 amide bonds. The first-order valence-corrected chi connectivity index (χ1v) is 9.61. The van der Waals surface area contributed by atoms with Gasteiger partial charge in [-0.25, -0.2) is 4.39 Å². The highest BCUT2D eigenvalue weighted by Crippen LogP contribution is 2.39. The molecular formula is C22H18F4N2O3. The van der Waals surface area contributed by atoms with Gasteiger partial charge in [-0.1, -0.05) is 19.1 Å². The predicted molar refractivity (Wildman–Crippen MR) is 102 cm³/mol. The summed E-state index contributed by atoms with van der Waals surface area (Å²) in [5.41, 5.74) is -1.61.